The van der Waals surface area contributed by atoms with Crippen LogP contribution in [0.15, 0.2) is 59.8 Å². The molecule has 31 heavy (non-hydrogen) atoms. The molecule has 1 aromatic carbocycles. The lowest BCUT2D eigenvalue weighted by molar-refractivity contribution is -0.137. The minimum Gasteiger partial charge on any atom is -0.352 e. The van der Waals surface area contributed by atoms with Gasteiger partial charge in [-0.1, -0.05) is 18.2 Å². The summed E-state index contributed by atoms with van der Waals surface area (Å²) in [6.45, 7) is 1.72. The highest BCUT2D eigenvalue weighted by atomic mass is 32.2. The van der Waals surface area contributed by atoms with E-state index in [0.29, 0.717) is 11.9 Å². The molecule has 0 bridgehead atoms. The number of nitrogens with zero attached hydrogens (tertiary/aromatic N) is 3. The van der Waals surface area contributed by atoms with Crippen molar-refractivity contribution in [2.45, 2.75) is 24.4 Å². The fraction of sp³-hybridized carbons (Fsp3) is 0.250. The first-order chi connectivity index (χ1) is 14.6. The zero-order chi connectivity index (χ0) is 22.6. The van der Waals surface area contributed by atoms with Gasteiger partial charge in [0.25, 0.3) is 5.91 Å². The molecule has 0 saturated heterocycles. The molecule has 2 aromatic heterocycles. The van der Waals surface area contributed by atoms with Gasteiger partial charge in [0.1, 0.15) is 0 Å². The number of hydrogen-bond donors (Lipinski definition) is 1. The second-order valence-electron chi connectivity index (χ2n) is 6.70. The third-order valence-electron chi connectivity index (χ3n) is 4.52. The van der Waals surface area contributed by atoms with Gasteiger partial charge in [-0.3, -0.25) is 4.79 Å². The van der Waals surface area contributed by atoms with Crippen molar-refractivity contribution in [2.24, 2.45) is 0 Å². The topological polar surface area (TPSA) is 94.0 Å². The maximum Gasteiger partial charge on any atom is 0.417 e. The van der Waals surface area contributed by atoms with Gasteiger partial charge in [-0.2, -0.15) is 18.3 Å². The van der Waals surface area contributed by atoms with E-state index >= 15 is 0 Å². The van der Waals surface area contributed by atoms with Crippen molar-refractivity contribution < 1.29 is 26.4 Å². The van der Waals surface area contributed by atoms with Crippen LogP contribution in [0, 0.1) is 6.92 Å². The van der Waals surface area contributed by atoms with Crippen LogP contribution in [0.3, 0.4) is 0 Å². The number of sulfone groups is 1. The van der Waals surface area contributed by atoms with Crippen molar-refractivity contribution in [3.63, 3.8) is 0 Å². The summed E-state index contributed by atoms with van der Waals surface area (Å²) >= 11 is 0. The number of aromatic nitrogens is 3. The standard InChI is InChI=1S/C20H19F3N4O3S/c1-14-17(13-26-27(14)18-9-8-15(12-25-18)20(21,22)23)19(28)24-10-5-11-31(29,30)16-6-3-2-4-7-16/h2-4,6-9,12-13H,5,10-11H2,1H3,(H,24,28). The van der Waals surface area contributed by atoms with Gasteiger partial charge in [-0.15, -0.1) is 0 Å². The predicted octanol–water partition coefficient (Wildman–Crippen LogP) is 3.19. The van der Waals surface area contributed by atoms with E-state index in [9.17, 15) is 26.4 Å². The quantitative estimate of drug-likeness (QED) is 0.556. The summed E-state index contributed by atoms with van der Waals surface area (Å²) in [4.78, 5) is 16.4. The van der Waals surface area contributed by atoms with Gasteiger partial charge < -0.3 is 5.32 Å². The van der Waals surface area contributed by atoms with Gasteiger partial charge in [0, 0.05) is 12.7 Å². The number of alkyl halides is 3. The molecule has 11 heteroatoms. The first-order valence-corrected chi connectivity index (χ1v) is 10.9. The summed E-state index contributed by atoms with van der Waals surface area (Å²) in [6, 6.07) is 10.1. The highest BCUT2D eigenvalue weighted by Gasteiger charge is 2.30. The van der Waals surface area contributed by atoms with E-state index in [1.54, 1.807) is 25.1 Å². The van der Waals surface area contributed by atoms with Gasteiger partial charge in [0.05, 0.1) is 33.7 Å². The van der Waals surface area contributed by atoms with E-state index in [4.69, 9.17) is 0 Å². The lowest BCUT2D eigenvalue weighted by Crippen LogP contribution is -2.26. The number of pyridine rings is 1. The van der Waals surface area contributed by atoms with Crippen LogP contribution >= 0.6 is 0 Å². The molecule has 0 fully saturated rings. The average Bonchev–Trinajstić information content (AvgIpc) is 3.12. The molecule has 0 aliphatic carbocycles. The normalized spacial score (nSPS) is 12.0. The largest absolute Gasteiger partial charge is 0.417 e. The highest BCUT2D eigenvalue weighted by molar-refractivity contribution is 7.91. The van der Waals surface area contributed by atoms with Crippen molar-refractivity contribution in [3.05, 3.63) is 71.7 Å². The molecule has 3 rings (SSSR count). The molecule has 0 saturated carbocycles. The third-order valence-corrected chi connectivity index (χ3v) is 6.34. The number of benzene rings is 1. The SMILES string of the molecule is Cc1c(C(=O)NCCCS(=O)(=O)c2ccccc2)cnn1-c1ccc(C(F)(F)F)cn1. The molecule has 0 atom stereocenters. The molecule has 3 aromatic rings. The molecule has 0 aliphatic heterocycles. The lowest BCUT2D eigenvalue weighted by atomic mass is 10.2. The Kier molecular flexibility index (Phi) is 6.44. The summed E-state index contributed by atoms with van der Waals surface area (Å²) in [5, 5.41) is 6.65. The zero-order valence-corrected chi connectivity index (χ0v) is 17.2. The van der Waals surface area contributed by atoms with Crippen LogP contribution in [0.2, 0.25) is 0 Å². The smallest absolute Gasteiger partial charge is 0.352 e. The highest BCUT2D eigenvalue weighted by Crippen LogP contribution is 2.28. The number of amides is 1. The van der Waals surface area contributed by atoms with E-state index in [1.807, 2.05) is 0 Å². The minimum atomic E-state index is -4.50. The molecule has 1 N–H and O–H groups in total. The van der Waals surface area contributed by atoms with E-state index in [0.717, 1.165) is 6.07 Å². The number of hydrogen-bond acceptors (Lipinski definition) is 5. The Morgan fingerprint density at radius 2 is 1.81 bits per heavy atom. The molecule has 7 nitrogen and oxygen atoms in total. The number of nitrogens with one attached hydrogen (secondary N) is 1. The van der Waals surface area contributed by atoms with Crippen LogP contribution in [-0.4, -0.2) is 41.4 Å². The van der Waals surface area contributed by atoms with E-state index in [1.165, 1.54) is 29.1 Å². The van der Waals surface area contributed by atoms with Crippen molar-refractivity contribution in [2.75, 3.05) is 12.3 Å². The van der Waals surface area contributed by atoms with Crippen molar-refractivity contribution in [1.82, 2.24) is 20.1 Å². The van der Waals surface area contributed by atoms with Gasteiger partial charge in [-0.25, -0.2) is 18.1 Å². The summed E-state index contributed by atoms with van der Waals surface area (Å²) in [5.41, 5.74) is -0.279. The Labute approximate surface area is 176 Å². The number of rotatable bonds is 7. The Balaban J connectivity index is 1.60. The summed E-state index contributed by atoms with van der Waals surface area (Å²) in [7, 11) is -3.43. The molecule has 164 valence electrons. The molecular weight excluding hydrogens is 433 g/mol. The first-order valence-electron chi connectivity index (χ1n) is 9.24. The van der Waals surface area contributed by atoms with Crippen LogP contribution in [0.25, 0.3) is 5.82 Å². The van der Waals surface area contributed by atoms with Crippen molar-refractivity contribution in [1.29, 1.82) is 0 Å². The van der Waals surface area contributed by atoms with Crippen LogP contribution in [0.1, 0.15) is 28.0 Å². The van der Waals surface area contributed by atoms with Crippen LogP contribution < -0.4 is 5.32 Å². The Morgan fingerprint density at radius 1 is 1.10 bits per heavy atom. The Bertz CT molecular complexity index is 1160. The maximum atomic E-state index is 12.7. The minimum absolute atomic E-state index is 0.120. The predicted molar refractivity (Wildman–Crippen MR) is 107 cm³/mol. The fourth-order valence-corrected chi connectivity index (χ4v) is 4.18. The zero-order valence-electron chi connectivity index (χ0n) is 16.4. The maximum absolute atomic E-state index is 12.7. The molecule has 0 unspecified atom stereocenters. The molecular formula is C20H19F3N4O3S. The van der Waals surface area contributed by atoms with E-state index in [2.05, 4.69) is 15.4 Å². The van der Waals surface area contributed by atoms with Gasteiger partial charge in [-0.05, 0) is 37.6 Å². The third kappa shape index (κ3) is 5.29. The molecule has 1 amide bonds. The second kappa shape index (κ2) is 8.88. The van der Waals surface area contributed by atoms with Crippen molar-refractivity contribution in [3.8, 4) is 5.82 Å². The Morgan fingerprint density at radius 3 is 2.42 bits per heavy atom. The summed E-state index contributed by atoms with van der Waals surface area (Å²) in [5.74, 6) is -0.448. The summed E-state index contributed by atoms with van der Waals surface area (Å²) in [6.07, 6.45) is -2.30. The summed E-state index contributed by atoms with van der Waals surface area (Å²) < 4.78 is 63.8. The number of halogens is 3. The monoisotopic (exact) mass is 452 g/mol. The molecule has 0 spiro atoms. The van der Waals surface area contributed by atoms with Gasteiger partial charge in [0.15, 0.2) is 15.7 Å². The van der Waals surface area contributed by atoms with Crippen LogP contribution in [-0.2, 0) is 16.0 Å². The molecule has 0 aliphatic rings. The van der Waals surface area contributed by atoms with E-state index in [-0.39, 0.29) is 35.0 Å². The van der Waals surface area contributed by atoms with Crippen molar-refractivity contribution >= 4 is 15.7 Å². The fourth-order valence-electron chi connectivity index (χ4n) is 2.85. The van der Waals surface area contributed by atoms with Crippen LogP contribution in [0.5, 0.6) is 0 Å². The molecule has 0 radical (unpaired) electrons. The van der Waals surface area contributed by atoms with Gasteiger partial charge in [0.2, 0.25) is 0 Å². The number of carbonyl (C=O) groups is 1. The van der Waals surface area contributed by atoms with Gasteiger partial charge >= 0.3 is 6.18 Å². The first kappa shape index (κ1) is 22.5. The second-order valence-corrected chi connectivity index (χ2v) is 8.81. The number of carbonyl (C=O) groups excluding carboxylic acids is 1. The Hall–Kier alpha value is -3.21. The average molecular weight is 452 g/mol. The molecule has 2 heterocycles. The van der Waals surface area contributed by atoms with E-state index < -0.39 is 27.5 Å². The lowest BCUT2D eigenvalue weighted by Gasteiger charge is -2.09. The van der Waals surface area contributed by atoms with Crippen LogP contribution in [0.4, 0.5) is 13.2 Å².